The minimum atomic E-state index is 0.351. The minimum absolute atomic E-state index is 0.351. The van der Waals surface area contributed by atoms with Crippen LogP contribution in [0.3, 0.4) is 0 Å². The Morgan fingerprint density at radius 3 is 2.67 bits per heavy atom. The van der Waals surface area contributed by atoms with Crippen molar-refractivity contribution in [1.29, 1.82) is 0 Å². The van der Waals surface area contributed by atoms with Crippen LogP contribution in [-0.2, 0) is 0 Å². The highest BCUT2D eigenvalue weighted by Gasteiger charge is 1.98. The molecule has 0 aliphatic rings. The van der Waals surface area contributed by atoms with Gasteiger partial charge in [-0.15, -0.1) is 0 Å². The normalized spacial score (nSPS) is 13.7. The first-order valence-electron chi connectivity index (χ1n) is 3.26. The quantitative estimate of drug-likeness (QED) is 0.594. The molecule has 0 spiro atoms. The van der Waals surface area contributed by atoms with E-state index < -0.39 is 0 Å². The number of rotatable bonds is 5. The Kier molecular flexibility index (Phi) is 6.58. The molecule has 0 fully saturated rings. The Bertz CT molecular complexity index is 59.0. The number of nitrogens with two attached hydrogens (primary N) is 2. The van der Waals surface area contributed by atoms with Gasteiger partial charge in [0, 0.05) is 11.8 Å². The van der Waals surface area contributed by atoms with Gasteiger partial charge in [-0.1, -0.05) is 0 Å². The van der Waals surface area contributed by atoms with Gasteiger partial charge in [-0.2, -0.15) is 11.8 Å². The van der Waals surface area contributed by atoms with Crippen molar-refractivity contribution < 1.29 is 0 Å². The minimum Gasteiger partial charge on any atom is -0.330 e. The van der Waals surface area contributed by atoms with E-state index in [0.717, 1.165) is 25.1 Å². The Labute approximate surface area is 61.4 Å². The summed E-state index contributed by atoms with van der Waals surface area (Å²) in [5.41, 5.74) is 11.0. The van der Waals surface area contributed by atoms with E-state index in [9.17, 15) is 0 Å². The zero-order valence-electron chi connectivity index (χ0n) is 5.97. The van der Waals surface area contributed by atoms with Crippen LogP contribution in [0.25, 0.3) is 0 Å². The molecule has 9 heavy (non-hydrogen) atoms. The van der Waals surface area contributed by atoms with E-state index in [1.54, 1.807) is 11.8 Å². The van der Waals surface area contributed by atoms with Gasteiger partial charge in [0.25, 0.3) is 0 Å². The number of thioether (sulfide) groups is 1. The fraction of sp³-hybridized carbons (Fsp3) is 1.00. The molecule has 0 rings (SSSR count). The molecule has 2 nitrogen and oxygen atoms in total. The van der Waals surface area contributed by atoms with Crippen molar-refractivity contribution in [3.63, 3.8) is 0 Å². The molecule has 0 amide bonds. The van der Waals surface area contributed by atoms with Gasteiger partial charge in [0.1, 0.15) is 0 Å². The van der Waals surface area contributed by atoms with Crippen molar-refractivity contribution >= 4 is 11.8 Å². The van der Waals surface area contributed by atoms with Gasteiger partial charge in [-0.3, -0.25) is 0 Å². The highest BCUT2D eigenvalue weighted by molar-refractivity contribution is 7.98. The first-order chi connectivity index (χ1) is 4.31. The van der Waals surface area contributed by atoms with Crippen LogP contribution < -0.4 is 11.5 Å². The zero-order chi connectivity index (χ0) is 7.11. The molecule has 0 aliphatic carbocycles. The Hall–Kier alpha value is 0.270. The Morgan fingerprint density at radius 2 is 2.22 bits per heavy atom. The molecule has 0 saturated carbocycles. The molecule has 1 atom stereocenters. The predicted octanol–water partition coefficient (Wildman–Crippen LogP) is 0.416. The van der Waals surface area contributed by atoms with E-state index in [1.807, 2.05) is 0 Å². The number of hydrogen-bond donors (Lipinski definition) is 2. The molecule has 0 unspecified atom stereocenters. The summed E-state index contributed by atoms with van der Waals surface area (Å²) in [5, 5.41) is 0. The summed E-state index contributed by atoms with van der Waals surface area (Å²) in [6.07, 6.45) is 4.20. The molecule has 0 aromatic carbocycles. The molecular formula is C6H16N2S. The van der Waals surface area contributed by atoms with Crippen molar-refractivity contribution in [2.24, 2.45) is 11.5 Å². The summed E-state index contributed by atoms with van der Waals surface area (Å²) in [6.45, 7) is 0.766. The van der Waals surface area contributed by atoms with Crippen LogP contribution in [0.4, 0.5) is 0 Å². The third-order valence-electron chi connectivity index (χ3n) is 1.16. The molecule has 56 valence electrons. The van der Waals surface area contributed by atoms with E-state index >= 15 is 0 Å². The molecule has 0 saturated heterocycles. The predicted molar refractivity (Wildman–Crippen MR) is 44.6 cm³/mol. The van der Waals surface area contributed by atoms with Gasteiger partial charge in [0.2, 0.25) is 0 Å². The van der Waals surface area contributed by atoms with E-state index in [0.29, 0.717) is 6.04 Å². The summed E-state index contributed by atoms with van der Waals surface area (Å²) < 4.78 is 0. The lowest BCUT2D eigenvalue weighted by Crippen LogP contribution is -2.23. The lowest BCUT2D eigenvalue weighted by atomic mass is 10.2. The van der Waals surface area contributed by atoms with E-state index in [1.165, 1.54) is 0 Å². The second-order valence-corrected chi connectivity index (χ2v) is 3.06. The molecule has 4 N–H and O–H groups in total. The second kappa shape index (κ2) is 6.39. The van der Waals surface area contributed by atoms with Gasteiger partial charge in [0.05, 0.1) is 0 Å². The van der Waals surface area contributed by atoms with Gasteiger partial charge >= 0.3 is 0 Å². The van der Waals surface area contributed by atoms with Gasteiger partial charge in [0.15, 0.2) is 0 Å². The summed E-state index contributed by atoms with van der Waals surface area (Å²) in [7, 11) is 0. The lowest BCUT2D eigenvalue weighted by molar-refractivity contribution is 0.638. The highest BCUT2D eigenvalue weighted by atomic mass is 32.2. The third-order valence-corrected chi connectivity index (χ3v) is 1.92. The molecule has 0 bridgehead atoms. The van der Waals surface area contributed by atoms with Crippen molar-refractivity contribution in [2.45, 2.75) is 18.9 Å². The second-order valence-electron chi connectivity index (χ2n) is 2.15. The van der Waals surface area contributed by atoms with Crippen LogP contribution in [0.15, 0.2) is 0 Å². The molecular weight excluding hydrogens is 132 g/mol. The van der Waals surface area contributed by atoms with E-state index in [2.05, 4.69) is 6.26 Å². The monoisotopic (exact) mass is 148 g/mol. The van der Waals surface area contributed by atoms with Gasteiger partial charge in [-0.05, 0) is 25.6 Å². The molecule has 0 heterocycles. The first-order valence-corrected chi connectivity index (χ1v) is 4.65. The SMILES string of the molecule is CSC[C@@H](N)CCCN. The van der Waals surface area contributed by atoms with Crippen molar-refractivity contribution in [3.8, 4) is 0 Å². The average molecular weight is 148 g/mol. The maximum Gasteiger partial charge on any atom is 0.0130 e. The smallest absolute Gasteiger partial charge is 0.0130 e. The van der Waals surface area contributed by atoms with Gasteiger partial charge < -0.3 is 11.5 Å². The summed E-state index contributed by atoms with van der Waals surface area (Å²) in [5.74, 6) is 1.06. The zero-order valence-corrected chi connectivity index (χ0v) is 6.79. The Morgan fingerprint density at radius 1 is 1.56 bits per heavy atom. The van der Waals surface area contributed by atoms with Crippen LogP contribution >= 0.6 is 11.8 Å². The molecule has 0 radical (unpaired) electrons. The van der Waals surface area contributed by atoms with Crippen LogP contribution in [0.2, 0.25) is 0 Å². The maximum absolute atomic E-state index is 5.69. The van der Waals surface area contributed by atoms with Gasteiger partial charge in [-0.25, -0.2) is 0 Å². The van der Waals surface area contributed by atoms with Crippen molar-refractivity contribution in [1.82, 2.24) is 0 Å². The number of hydrogen-bond acceptors (Lipinski definition) is 3. The average Bonchev–Trinajstić information content (AvgIpc) is 1.85. The maximum atomic E-state index is 5.69. The third kappa shape index (κ3) is 6.15. The lowest BCUT2D eigenvalue weighted by Gasteiger charge is -2.07. The topological polar surface area (TPSA) is 52.0 Å². The van der Waals surface area contributed by atoms with Crippen molar-refractivity contribution in [2.75, 3.05) is 18.6 Å². The molecule has 3 heteroatoms. The van der Waals surface area contributed by atoms with E-state index in [-0.39, 0.29) is 0 Å². The first kappa shape index (κ1) is 9.27. The van der Waals surface area contributed by atoms with Crippen LogP contribution in [0.1, 0.15) is 12.8 Å². The molecule has 0 aromatic rings. The van der Waals surface area contributed by atoms with E-state index in [4.69, 9.17) is 11.5 Å². The Balaban J connectivity index is 2.95. The summed E-state index contributed by atoms with van der Waals surface area (Å²) in [6, 6.07) is 0.351. The van der Waals surface area contributed by atoms with Crippen molar-refractivity contribution in [3.05, 3.63) is 0 Å². The summed E-state index contributed by atoms with van der Waals surface area (Å²) in [4.78, 5) is 0. The van der Waals surface area contributed by atoms with Crippen LogP contribution in [0.5, 0.6) is 0 Å². The summed E-state index contributed by atoms with van der Waals surface area (Å²) >= 11 is 1.79. The highest BCUT2D eigenvalue weighted by Crippen LogP contribution is 1.99. The standard InChI is InChI=1S/C6H16N2S/c1-9-5-6(8)3-2-4-7/h6H,2-5,7-8H2,1H3/t6-/m0/s1. The molecule has 0 aliphatic heterocycles. The molecule has 0 aromatic heterocycles. The fourth-order valence-electron chi connectivity index (χ4n) is 0.677. The van der Waals surface area contributed by atoms with Crippen LogP contribution in [0, 0.1) is 0 Å². The largest absolute Gasteiger partial charge is 0.330 e. The fourth-order valence-corrected chi connectivity index (χ4v) is 1.27. The van der Waals surface area contributed by atoms with Crippen LogP contribution in [-0.4, -0.2) is 24.6 Å².